The number of carbonyl (C=O) groups excluding carboxylic acids is 1. The Balaban J connectivity index is 2.15. The molecule has 1 atom stereocenters. The third kappa shape index (κ3) is 1.13. The van der Waals surface area contributed by atoms with Gasteiger partial charge in [0.25, 0.3) is 0 Å². The molecular weight excluding hydrogens is 158 g/mol. The lowest BCUT2D eigenvalue weighted by atomic mass is 10.3. The van der Waals surface area contributed by atoms with Crippen LogP contribution >= 0.6 is 0 Å². The van der Waals surface area contributed by atoms with E-state index in [1.807, 2.05) is 19.3 Å². The smallest absolute Gasteiger partial charge is 0.408 e. The summed E-state index contributed by atoms with van der Waals surface area (Å²) >= 11 is 0. The molecule has 1 aliphatic rings. The number of hydrogen-bond donors (Lipinski definition) is 1. The zero-order chi connectivity index (χ0) is 8.55. The van der Waals surface area contributed by atoms with E-state index < -0.39 is 0 Å². The molecule has 2 rings (SSSR count). The van der Waals surface area contributed by atoms with E-state index in [4.69, 9.17) is 4.74 Å². The fourth-order valence-corrected chi connectivity index (χ4v) is 1.16. The van der Waals surface area contributed by atoms with Crippen molar-refractivity contribution in [1.82, 2.24) is 15.1 Å². The van der Waals surface area contributed by atoms with Crippen molar-refractivity contribution < 1.29 is 9.53 Å². The van der Waals surface area contributed by atoms with Gasteiger partial charge in [-0.25, -0.2) is 4.79 Å². The Morgan fingerprint density at radius 3 is 3.17 bits per heavy atom. The highest BCUT2D eigenvalue weighted by molar-refractivity contribution is 5.69. The van der Waals surface area contributed by atoms with Crippen LogP contribution in [0.3, 0.4) is 0 Å². The summed E-state index contributed by atoms with van der Waals surface area (Å²) in [6.45, 7) is 0.510. The van der Waals surface area contributed by atoms with E-state index in [0.717, 1.165) is 5.69 Å². The van der Waals surface area contributed by atoms with Crippen LogP contribution in [0.2, 0.25) is 0 Å². The van der Waals surface area contributed by atoms with E-state index in [1.54, 1.807) is 4.68 Å². The van der Waals surface area contributed by atoms with Crippen LogP contribution in [0.25, 0.3) is 0 Å². The summed E-state index contributed by atoms with van der Waals surface area (Å²) in [7, 11) is 1.83. The van der Waals surface area contributed by atoms with Gasteiger partial charge in [0, 0.05) is 13.2 Å². The first kappa shape index (κ1) is 7.15. The topological polar surface area (TPSA) is 56.2 Å². The average Bonchev–Trinajstić information content (AvgIpc) is 2.58. The number of aryl methyl sites for hydroxylation is 1. The number of hydrogen-bond acceptors (Lipinski definition) is 3. The van der Waals surface area contributed by atoms with E-state index >= 15 is 0 Å². The molecule has 1 N–H and O–H groups in total. The van der Waals surface area contributed by atoms with Gasteiger partial charge in [-0.2, -0.15) is 5.10 Å². The van der Waals surface area contributed by atoms with Gasteiger partial charge in [0.15, 0.2) is 6.10 Å². The minimum absolute atomic E-state index is 0.223. The van der Waals surface area contributed by atoms with Crippen molar-refractivity contribution in [1.29, 1.82) is 0 Å². The van der Waals surface area contributed by atoms with Crippen LogP contribution in [-0.4, -0.2) is 22.4 Å². The Morgan fingerprint density at radius 2 is 2.67 bits per heavy atom. The first-order chi connectivity index (χ1) is 5.75. The molecule has 0 radical (unpaired) electrons. The van der Waals surface area contributed by atoms with Crippen LogP contribution in [0.5, 0.6) is 0 Å². The molecule has 1 unspecified atom stereocenters. The fourth-order valence-electron chi connectivity index (χ4n) is 1.16. The predicted molar refractivity (Wildman–Crippen MR) is 40.4 cm³/mol. The van der Waals surface area contributed by atoms with E-state index in [2.05, 4.69) is 10.4 Å². The number of cyclic esters (lactones) is 1. The van der Waals surface area contributed by atoms with Crippen molar-refractivity contribution in [3.05, 3.63) is 18.0 Å². The van der Waals surface area contributed by atoms with Gasteiger partial charge in [0.05, 0.1) is 6.54 Å². The molecule has 0 bridgehead atoms. The molecule has 1 fully saturated rings. The van der Waals surface area contributed by atoms with Crippen LogP contribution < -0.4 is 5.32 Å². The first-order valence-corrected chi connectivity index (χ1v) is 3.70. The summed E-state index contributed by atoms with van der Waals surface area (Å²) < 4.78 is 6.62. The van der Waals surface area contributed by atoms with Gasteiger partial charge in [-0.15, -0.1) is 0 Å². The lowest BCUT2D eigenvalue weighted by Crippen LogP contribution is -2.12. The molecule has 64 valence electrons. The molecule has 0 saturated carbocycles. The monoisotopic (exact) mass is 167 g/mol. The van der Waals surface area contributed by atoms with Crippen molar-refractivity contribution in [2.24, 2.45) is 7.05 Å². The van der Waals surface area contributed by atoms with Gasteiger partial charge in [0.1, 0.15) is 5.69 Å². The third-order valence-electron chi connectivity index (χ3n) is 1.75. The predicted octanol–water partition coefficient (Wildman–Crippen LogP) is 0.201. The molecule has 1 aliphatic heterocycles. The second-order valence-electron chi connectivity index (χ2n) is 2.69. The number of nitrogens with one attached hydrogen (secondary N) is 1. The number of carbonyl (C=O) groups is 1. The van der Waals surface area contributed by atoms with E-state index in [0.29, 0.717) is 6.54 Å². The first-order valence-electron chi connectivity index (χ1n) is 3.70. The number of rotatable bonds is 1. The van der Waals surface area contributed by atoms with Crippen molar-refractivity contribution >= 4 is 6.09 Å². The molecule has 12 heavy (non-hydrogen) atoms. The zero-order valence-corrected chi connectivity index (χ0v) is 6.65. The molecule has 0 aliphatic carbocycles. The Hall–Kier alpha value is -1.52. The number of ether oxygens (including phenoxy) is 1. The molecule has 0 aromatic carbocycles. The molecular formula is C7H9N3O2. The second kappa shape index (κ2) is 2.51. The van der Waals surface area contributed by atoms with Crippen molar-refractivity contribution in [3.63, 3.8) is 0 Å². The highest BCUT2D eigenvalue weighted by Crippen LogP contribution is 2.17. The molecule has 2 heterocycles. The quantitative estimate of drug-likeness (QED) is 0.650. The average molecular weight is 167 g/mol. The highest BCUT2D eigenvalue weighted by atomic mass is 16.6. The fraction of sp³-hybridized carbons (Fsp3) is 0.429. The largest absolute Gasteiger partial charge is 0.438 e. The lowest BCUT2D eigenvalue weighted by Gasteiger charge is -2.01. The Bertz CT molecular complexity index is 307. The summed E-state index contributed by atoms with van der Waals surface area (Å²) in [6, 6.07) is 1.84. The molecule has 1 amide bonds. The van der Waals surface area contributed by atoms with E-state index in [-0.39, 0.29) is 12.2 Å². The van der Waals surface area contributed by atoms with Crippen molar-refractivity contribution in [2.75, 3.05) is 6.54 Å². The maximum atomic E-state index is 10.7. The van der Waals surface area contributed by atoms with Gasteiger partial charge >= 0.3 is 6.09 Å². The number of amides is 1. The molecule has 1 aromatic rings. The maximum absolute atomic E-state index is 10.7. The summed E-state index contributed by atoms with van der Waals surface area (Å²) in [4.78, 5) is 10.7. The summed E-state index contributed by atoms with van der Waals surface area (Å²) in [5.41, 5.74) is 0.788. The molecule has 5 heteroatoms. The number of aromatic nitrogens is 2. The zero-order valence-electron chi connectivity index (χ0n) is 6.65. The van der Waals surface area contributed by atoms with Gasteiger partial charge < -0.3 is 10.1 Å². The van der Waals surface area contributed by atoms with Gasteiger partial charge in [-0.1, -0.05) is 0 Å². The van der Waals surface area contributed by atoms with Gasteiger partial charge in [-0.3, -0.25) is 4.68 Å². The van der Waals surface area contributed by atoms with Crippen LogP contribution in [0.4, 0.5) is 4.79 Å². The summed E-state index contributed by atoms with van der Waals surface area (Å²) in [5.74, 6) is 0. The highest BCUT2D eigenvalue weighted by Gasteiger charge is 2.25. The molecule has 5 nitrogen and oxygen atoms in total. The van der Waals surface area contributed by atoms with Crippen LogP contribution in [0.1, 0.15) is 11.8 Å². The molecule has 0 spiro atoms. The standard InChI is InChI=1S/C7H9N3O2/c1-10-3-2-5(9-10)6-4-8-7(11)12-6/h2-3,6H,4H2,1H3,(H,8,11). The Kier molecular flexibility index (Phi) is 1.49. The van der Waals surface area contributed by atoms with Crippen LogP contribution in [0.15, 0.2) is 12.3 Å². The van der Waals surface area contributed by atoms with E-state index in [1.165, 1.54) is 0 Å². The van der Waals surface area contributed by atoms with E-state index in [9.17, 15) is 4.79 Å². The minimum Gasteiger partial charge on any atom is -0.438 e. The minimum atomic E-state index is -0.370. The van der Waals surface area contributed by atoms with Crippen LogP contribution in [0, 0.1) is 0 Å². The lowest BCUT2D eigenvalue weighted by molar-refractivity contribution is 0.139. The molecule has 1 saturated heterocycles. The Labute approximate surface area is 69.3 Å². The summed E-state index contributed by atoms with van der Waals surface area (Å²) in [6.07, 6.45) is 1.23. The second-order valence-corrected chi connectivity index (χ2v) is 2.69. The Morgan fingerprint density at radius 1 is 1.83 bits per heavy atom. The SMILES string of the molecule is Cn1ccc(C2CNC(=O)O2)n1. The normalized spacial score (nSPS) is 22.1. The number of nitrogens with zero attached hydrogens (tertiary/aromatic N) is 2. The molecule has 1 aromatic heterocycles. The summed E-state index contributed by atoms with van der Waals surface area (Å²) in [5, 5.41) is 6.69. The maximum Gasteiger partial charge on any atom is 0.408 e. The van der Waals surface area contributed by atoms with Crippen LogP contribution in [-0.2, 0) is 11.8 Å². The van der Waals surface area contributed by atoms with Crippen molar-refractivity contribution in [2.45, 2.75) is 6.10 Å². The van der Waals surface area contributed by atoms with Gasteiger partial charge in [-0.05, 0) is 6.07 Å². The van der Waals surface area contributed by atoms with Gasteiger partial charge in [0.2, 0.25) is 0 Å². The number of alkyl carbamates (subject to hydrolysis) is 1. The van der Waals surface area contributed by atoms with Crippen molar-refractivity contribution in [3.8, 4) is 0 Å². The third-order valence-corrected chi connectivity index (χ3v) is 1.75.